The molecular weight excluding hydrogens is 715 g/mol. The maximum absolute atomic E-state index is 14.3. The van der Waals surface area contributed by atoms with Gasteiger partial charge in [0.2, 0.25) is 23.6 Å². The maximum Gasteiger partial charge on any atom is 0.245 e. The van der Waals surface area contributed by atoms with Gasteiger partial charge in [0.05, 0.1) is 42.7 Å². The molecule has 0 aromatic carbocycles. The van der Waals surface area contributed by atoms with Gasteiger partial charge in [-0.25, -0.2) is 4.98 Å². The van der Waals surface area contributed by atoms with Gasteiger partial charge in [0, 0.05) is 45.3 Å². The summed E-state index contributed by atoms with van der Waals surface area (Å²) in [5.74, 6) is -1.40. The number of nitrogens with zero attached hydrogens (tertiary/aromatic N) is 3. The van der Waals surface area contributed by atoms with Crippen molar-refractivity contribution in [3.63, 3.8) is 0 Å². The van der Waals surface area contributed by atoms with Crippen molar-refractivity contribution in [2.24, 2.45) is 29.6 Å². The molecule has 0 radical (unpaired) electrons. The van der Waals surface area contributed by atoms with Crippen molar-refractivity contribution >= 4 is 35.0 Å². The van der Waals surface area contributed by atoms with Crippen LogP contribution >= 0.6 is 11.3 Å². The molecule has 1 aliphatic rings. The van der Waals surface area contributed by atoms with E-state index in [1.165, 1.54) is 11.3 Å². The summed E-state index contributed by atoms with van der Waals surface area (Å²) in [6, 6.07) is -1.80. The highest BCUT2D eigenvalue weighted by atomic mass is 32.1. The van der Waals surface area contributed by atoms with Crippen LogP contribution in [-0.4, -0.2) is 96.6 Å². The van der Waals surface area contributed by atoms with Crippen LogP contribution in [0.2, 0.25) is 0 Å². The first-order valence-electron chi connectivity index (χ1n) is 20.2. The molecule has 0 aliphatic carbocycles. The molecule has 2 heterocycles. The van der Waals surface area contributed by atoms with Crippen LogP contribution in [0.4, 0.5) is 0 Å². The number of thiazole rings is 1. The Morgan fingerprint density at radius 1 is 1.00 bits per heavy atom. The van der Waals surface area contributed by atoms with E-state index in [9.17, 15) is 19.2 Å². The lowest BCUT2D eigenvalue weighted by Crippen LogP contribution is -2.58. The lowest BCUT2D eigenvalue weighted by molar-refractivity contribution is -0.148. The molecule has 0 bridgehead atoms. The van der Waals surface area contributed by atoms with Crippen LogP contribution in [0.25, 0.3) is 0 Å². The fraction of sp³-hybridized carbons (Fsp3) is 0.698. The lowest BCUT2D eigenvalue weighted by Gasteiger charge is -2.41. The van der Waals surface area contributed by atoms with Crippen molar-refractivity contribution < 1.29 is 28.7 Å². The third-order valence-corrected chi connectivity index (χ3v) is 12.6. The Kier molecular flexibility index (Phi) is 20.6. The number of carbonyl (C=O) groups excluding carboxylic acids is 4. The summed E-state index contributed by atoms with van der Waals surface area (Å²) in [7, 11) is 4.94. The predicted molar refractivity (Wildman–Crippen MR) is 222 cm³/mol. The molecule has 55 heavy (non-hydrogen) atoms. The van der Waals surface area contributed by atoms with Gasteiger partial charge in [-0.1, -0.05) is 99.1 Å². The van der Waals surface area contributed by atoms with E-state index in [2.05, 4.69) is 36.0 Å². The molecule has 0 saturated carbocycles. The van der Waals surface area contributed by atoms with Gasteiger partial charge in [-0.2, -0.15) is 0 Å². The van der Waals surface area contributed by atoms with Crippen LogP contribution in [0.3, 0.4) is 0 Å². The van der Waals surface area contributed by atoms with E-state index in [0.29, 0.717) is 25.8 Å². The molecule has 0 spiro atoms. The number of ether oxygens (including phenoxy) is 2. The van der Waals surface area contributed by atoms with E-state index in [-0.39, 0.29) is 65.8 Å². The summed E-state index contributed by atoms with van der Waals surface area (Å²) in [6.45, 7) is 22.3. The Balaban J connectivity index is 2.32. The first kappa shape index (κ1) is 47.8. The van der Waals surface area contributed by atoms with Gasteiger partial charge in [-0.3, -0.25) is 19.2 Å². The number of likely N-dealkylation sites (tertiary alicyclic amines) is 1. The van der Waals surface area contributed by atoms with Crippen molar-refractivity contribution in [3.8, 4) is 0 Å². The van der Waals surface area contributed by atoms with E-state index in [4.69, 9.17) is 9.47 Å². The zero-order valence-electron chi connectivity index (χ0n) is 35.7. The first-order valence-corrected chi connectivity index (χ1v) is 21.1. The third kappa shape index (κ3) is 13.1. The number of aromatic nitrogens is 1. The summed E-state index contributed by atoms with van der Waals surface area (Å²) >= 11 is 1.49. The highest BCUT2D eigenvalue weighted by Gasteiger charge is 2.43. The van der Waals surface area contributed by atoms with Crippen LogP contribution in [0, 0.1) is 29.6 Å². The monoisotopic (exact) mass is 786 g/mol. The normalized spacial score (nSPS) is 19.9. The minimum absolute atomic E-state index is 0.000357. The summed E-state index contributed by atoms with van der Waals surface area (Å²) in [5.41, 5.74) is 0.971. The van der Waals surface area contributed by atoms with Gasteiger partial charge in [0.15, 0.2) is 0 Å². The molecule has 1 aromatic rings. The minimum Gasteiger partial charge on any atom is -0.379 e. The molecule has 1 aromatic heterocycles. The smallest absolute Gasteiger partial charge is 0.245 e. The molecule has 10 atom stereocenters. The van der Waals surface area contributed by atoms with Crippen LogP contribution in [-0.2, 0) is 28.7 Å². The van der Waals surface area contributed by atoms with E-state index in [0.717, 1.165) is 23.4 Å². The summed E-state index contributed by atoms with van der Waals surface area (Å²) in [4.78, 5) is 63.7. The zero-order valence-corrected chi connectivity index (χ0v) is 36.5. The highest BCUT2D eigenvalue weighted by Crippen LogP contribution is 2.31. The summed E-state index contributed by atoms with van der Waals surface area (Å²) in [6.07, 6.45) is 11.8. The van der Waals surface area contributed by atoms with Gasteiger partial charge in [-0.15, -0.1) is 11.3 Å². The number of carbonyl (C=O) groups is 4. The van der Waals surface area contributed by atoms with Crippen LogP contribution in [0.5, 0.6) is 0 Å². The molecule has 1 aliphatic heterocycles. The highest BCUT2D eigenvalue weighted by molar-refractivity contribution is 7.09. The van der Waals surface area contributed by atoms with Gasteiger partial charge in [0.25, 0.3) is 0 Å². The first-order chi connectivity index (χ1) is 26.1. The van der Waals surface area contributed by atoms with E-state index >= 15 is 0 Å². The van der Waals surface area contributed by atoms with Crippen molar-refractivity contribution in [2.75, 3.05) is 27.8 Å². The van der Waals surface area contributed by atoms with Crippen LogP contribution in [0.15, 0.2) is 48.0 Å². The maximum atomic E-state index is 14.3. The van der Waals surface area contributed by atoms with Crippen molar-refractivity contribution in [1.82, 2.24) is 25.4 Å². The molecule has 1 saturated heterocycles. The quantitative estimate of drug-likeness (QED) is 0.113. The molecule has 2 rings (SSSR count). The second kappa shape index (κ2) is 23.7. The van der Waals surface area contributed by atoms with Gasteiger partial charge >= 0.3 is 0 Å². The number of methoxy groups -OCH3 is 2. The molecular formula is C43H71N5O6S. The predicted octanol–water partition coefficient (Wildman–Crippen LogP) is 7.12. The number of likely N-dealkylation sites (N-methyl/N-ethyl adjacent to an activating group) is 1. The average Bonchev–Trinajstić information content (AvgIpc) is 3.90. The Labute approximate surface area is 335 Å². The zero-order chi connectivity index (χ0) is 41.4. The number of rotatable bonds is 23. The fourth-order valence-corrected chi connectivity index (χ4v) is 8.07. The molecule has 2 N–H and O–H groups in total. The molecule has 12 heteroatoms. The molecule has 4 amide bonds. The van der Waals surface area contributed by atoms with Gasteiger partial charge < -0.3 is 29.9 Å². The third-order valence-electron chi connectivity index (χ3n) is 11.7. The average molecular weight is 786 g/mol. The Bertz CT molecular complexity index is 1430. The Hall–Kier alpha value is -3.35. The number of nitrogens with one attached hydrogen (secondary N) is 2. The van der Waals surface area contributed by atoms with Gasteiger partial charge in [-0.05, 0) is 49.5 Å². The van der Waals surface area contributed by atoms with Crippen molar-refractivity contribution in [1.29, 1.82) is 0 Å². The van der Waals surface area contributed by atoms with Crippen LogP contribution in [0.1, 0.15) is 112 Å². The van der Waals surface area contributed by atoms with E-state index < -0.39 is 30.2 Å². The van der Waals surface area contributed by atoms with Gasteiger partial charge in [0.1, 0.15) is 11.0 Å². The molecule has 0 unspecified atom stereocenters. The molecule has 310 valence electrons. The Morgan fingerprint density at radius 3 is 2.18 bits per heavy atom. The summed E-state index contributed by atoms with van der Waals surface area (Å²) in [5, 5.41) is 8.97. The van der Waals surface area contributed by atoms with E-state index in [1.807, 2.05) is 77.0 Å². The fourth-order valence-electron chi connectivity index (χ4n) is 7.38. The number of amides is 4. The lowest BCUT2D eigenvalue weighted by atomic mass is 9.88. The molecule has 1 fully saturated rings. The summed E-state index contributed by atoms with van der Waals surface area (Å²) < 4.78 is 12.1. The second-order valence-electron chi connectivity index (χ2n) is 15.6. The topological polar surface area (TPSA) is 130 Å². The van der Waals surface area contributed by atoms with Crippen LogP contribution < -0.4 is 10.6 Å². The number of hydrogen-bond acceptors (Lipinski definition) is 8. The standard InChI is InChI=1S/C43H71N5O6S/c1-14-18-20-32(17-4)25-33(42-44-22-24-55-42)45-41(51)31(10)39(54-13)34-21-19-23-48(34)36(49)26-35(53-12)38(29(8)16-3)47(11)43(52)37(28(7)15-2)46-40(50)30(9)27(5)6/h14,17-18,20,22,24,27-31,33-35,37-39H,4,15-16,19,21,23,25-26H2,1-3,5-13H3,(H,45,51)(H,46,50)/b18-14-,32-20+/t28-,29+,30+,31-,33+,34+,35-,37+,38+,39-/m1/s1. The van der Waals surface area contributed by atoms with Crippen molar-refractivity contribution in [2.45, 2.75) is 137 Å². The van der Waals surface area contributed by atoms with E-state index in [1.54, 1.807) is 38.4 Å². The second-order valence-corrected chi connectivity index (χ2v) is 16.5. The SMILES string of the molecule is C=C/C(=C\C=C/C)C[C@H](NC(=O)[C@H](C)[C@@H](OC)[C@@H]1CCCN1C(=O)C[C@@H](OC)[C@H]([C@@H](C)CC)N(C)C(=O)[C@@H](NC(=O)[C@@H](C)C(C)C)[C@H](C)CC)c1nccs1. The Morgan fingerprint density at radius 2 is 1.65 bits per heavy atom. The molecule has 11 nitrogen and oxygen atoms in total. The number of allylic oxidation sites excluding steroid dienone is 4. The number of hydrogen-bond donors (Lipinski definition) is 2. The largest absolute Gasteiger partial charge is 0.379 e. The minimum atomic E-state index is -0.704. The van der Waals surface area contributed by atoms with Crippen molar-refractivity contribution in [3.05, 3.63) is 53.0 Å².